The molecule has 5 nitrogen and oxygen atoms in total. The van der Waals surface area contributed by atoms with Crippen molar-refractivity contribution in [1.82, 2.24) is 10.5 Å². The van der Waals surface area contributed by atoms with Gasteiger partial charge in [-0.1, -0.05) is 47.6 Å². The molecule has 2 aromatic carbocycles. The fraction of sp³-hybridized carbons (Fsp3) is 0.158. The van der Waals surface area contributed by atoms with Gasteiger partial charge >= 0.3 is 0 Å². The Bertz CT molecular complexity index is 849. The van der Waals surface area contributed by atoms with E-state index in [0.717, 1.165) is 5.56 Å². The number of nitrogens with one attached hydrogen (secondary N) is 1. The van der Waals surface area contributed by atoms with Crippen molar-refractivity contribution in [3.05, 3.63) is 89.1 Å². The molecule has 1 heterocycles. The largest absolute Gasteiger partial charge is 0.377 e. The second-order valence-corrected chi connectivity index (χ2v) is 5.48. The zero-order chi connectivity index (χ0) is 17.6. The van der Waals surface area contributed by atoms with Crippen LogP contribution in [0.3, 0.4) is 0 Å². The summed E-state index contributed by atoms with van der Waals surface area (Å²) in [5, 5.41) is 6.63. The first-order valence-corrected chi connectivity index (χ1v) is 7.73. The second-order valence-electron chi connectivity index (χ2n) is 5.48. The number of rotatable bonds is 6. The van der Waals surface area contributed by atoms with Crippen molar-refractivity contribution in [2.24, 2.45) is 0 Å². The molecule has 6 heteroatoms. The summed E-state index contributed by atoms with van der Waals surface area (Å²) in [5.74, 6) is -0.324. The summed E-state index contributed by atoms with van der Waals surface area (Å²) in [6, 6.07) is 16.5. The van der Waals surface area contributed by atoms with Crippen LogP contribution in [-0.2, 0) is 11.3 Å². The lowest BCUT2D eigenvalue weighted by Gasteiger charge is -2.19. The maximum atomic E-state index is 13.6. The fourth-order valence-electron chi connectivity index (χ4n) is 2.53. The fourth-order valence-corrected chi connectivity index (χ4v) is 2.53. The Morgan fingerprint density at radius 1 is 1.16 bits per heavy atom. The summed E-state index contributed by atoms with van der Waals surface area (Å²) in [7, 11) is 1.53. The van der Waals surface area contributed by atoms with Gasteiger partial charge in [0.25, 0.3) is 5.91 Å². The van der Waals surface area contributed by atoms with E-state index < -0.39 is 11.9 Å². The number of carbonyl (C=O) groups is 1. The maximum absolute atomic E-state index is 13.6. The van der Waals surface area contributed by atoms with E-state index in [1.165, 1.54) is 25.3 Å². The van der Waals surface area contributed by atoms with Crippen molar-refractivity contribution < 1.29 is 18.4 Å². The summed E-state index contributed by atoms with van der Waals surface area (Å²) < 4.78 is 23.6. The third kappa shape index (κ3) is 4.10. The molecule has 0 aliphatic carbocycles. The molecule has 0 spiro atoms. The van der Waals surface area contributed by atoms with E-state index in [2.05, 4.69) is 10.5 Å². The number of hydrogen-bond donors (Lipinski definition) is 1. The van der Waals surface area contributed by atoms with Crippen LogP contribution < -0.4 is 5.32 Å². The maximum Gasteiger partial charge on any atom is 0.274 e. The van der Waals surface area contributed by atoms with Gasteiger partial charge in [-0.3, -0.25) is 4.79 Å². The highest BCUT2D eigenvalue weighted by atomic mass is 19.1. The number of carbonyl (C=O) groups excluding carboxylic acids is 1. The van der Waals surface area contributed by atoms with E-state index in [1.807, 2.05) is 30.3 Å². The molecule has 1 N–H and O–H groups in total. The monoisotopic (exact) mass is 340 g/mol. The van der Waals surface area contributed by atoms with Crippen LogP contribution in [0.2, 0.25) is 0 Å². The van der Waals surface area contributed by atoms with Gasteiger partial charge in [0.05, 0.1) is 6.04 Å². The van der Waals surface area contributed by atoms with Crippen LogP contribution in [0.25, 0.3) is 0 Å². The van der Waals surface area contributed by atoms with Gasteiger partial charge in [0.2, 0.25) is 0 Å². The van der Waals surface area contributed by atoms with Gasteiger partial charge in [-0.25, -0.2) is 4.39 Å². The number of nitrogens with zero attached hydrogens (tertiary/aromatic N) is 1. The van der Waals surface area contributed by atoms with Crippen LogP contribution in [0.4, 0.5) is 4.39 Å². The van der Waals surface area contributed by atoms with Gasteiger partial charge in [-0.2, -0.15) is 0 Å². The van der Waals surface area contributed by atoms with Crippen LogP contribution in [0.1, 0.15) is 33.4 Å². The molecule has 1 atom stereocenters. The molecule has 0 bridgehead atoms. The van der Waals surface area contributed by atoms with E-state index in [1.54, 1.807) is 12.1 Å². The molecule has 3 aromatic rings. The van der Waals surface area contributed by atoms with E-state index in [-0.39, 0.29) is 18.1 Å². The Morgan fingerprint density at radius 2 is 1.92 bits per heavy atom. The first-order valence-electron chi connectivity index (χ1n) is 7.73. The lowest BCUT2D eigenvalue weighted by atomic mass is 9.98. The van der Waals surface area contributed by atoms with Crippen molar-refractivity contribution in [2.45, 2.75) is 12.6 Å². The van der Waals surface area contributed by atoms with Crippen molar-refractivity contribution in [3.63, 3.8) is 0 Å². The first kappa shape index (κ1) is 16.9. The van der Waals surface area contributed by atoms with Gasteiger partial charge < -0.3 is 14.6 Å². The molecule has 0 saturated carbocycles. The molecule has 0 aliphatic heterocycles. The molecular formula is C19H17FN2O3. The lowest BCUT2D eigenvalue weighted by Crippen LogP contribution is -2.29. The number of methoxy groups -OCH3 is 1. The number of hydrogen-bond acceptors (Lipinski definition) is 4. The minimum atomic E-state index is -0.507. The zero-order valence-corrected chi connectivity index (χ0v) is 13.6. The summed E-state index contributed by atoms with van der Waals surface area (Å²) in [6.45, 7) is 0.228. The highest BCUT2D eigenvalue weighted by Gasteiger charge is 2.20. The van der Waals surface area contributed by atoms with Gasteiger partial charge in [0.15, 0.2) is 11.5 Å². The summed E-state index contributed by atoms with van der Waals surface area (Å²) in [6.07, 6.45) is 0. The standard InChI is InChI=1S/C19H17FN2O3/c1-24-12-16-11-17(22-25-16)19(23)21-18(13-6-3-2-4-7-13)14-8-5-9-15(20)10-14/h2-11,18H,12H2,1H3,(H,21,23)/t18-/m1/s1. The van der Waals surface area contributed by atoms with Crippen LogP contribution in [-0.4, -0.2) is 18.2 Å². The van der Waals surface area contributed by atoms with Crippen LogP contribution in [0, 0.1) is 5.82 Å². The second kappa shape index (κ2) is 7.72. The molecule has 1 aromatic heterocycles. The van der Waals surface area contributed by atoms with Crippen molar-refractivity contribution in [1.29, 1.82) is 0 Å². The van der Waals surface area contributed by atoms with Crippen molar-refractivity contribution in [3.8, 4) is 0 Å². The molecule has 0 radical (unpaired) electrons. The summed E-state index contributed by atoms with van der Waals surface area (Å²) >= 11 is 0. The lowest BCUT2D eigenvalue weighted by molar-refractivity contribution is 0.0933. The summed E-state index contributed by atoms with van der Waals surface area (Å²) in [5.41, 5.74) is 1.62. The number of aromatic nitrogens is 1. The minimum absolute atomic E-state index is 0.143. The topological polar surface area (TPSA) is 64.4 Å². The molecule has 128 valence electrons. The first-order chi connectivity index (χ1) is 12.2. The molecule has 1 amide bonds. The average molecular weight is 340 g/mol. The summed E-state index contributed by atoms with van der Waals surface area (Å²) in [4.78, 5) is 12.5. The molecule has 25 heavy (non-hydrogen) atoms. The van der Waals surface area contributed by atoms with Crippen molar-refractivity contribution >= 4 is 5.91 Å². The molecule has 0 saturated heterocycles. The molecule has 0 unspecified atom stereocenters. The van der Waals surface area contributed by atoms with E-state index >= 15 is 0 Å². The predicted octanol–water partition coefficient (Wildman–Crippen LogP) is 3.48. The smallest absolute Gasteiger partial charge is 0.274 e. The number of amides is 1. The third-order valence-corrected chi connectivity index (χ3v) is 3.67. The SMILES string of the molecule is COCc1cc(C(=O)N[C@H](c2ccccc2)c2cccc(F)c2)no1. The highest BCUT2D eigenvalue weighted by molar-refractivity contribution is 5.92. The molecular weight excluding hydrogens is 323 g/mol. The normalized spacial score (nSPS) is 11.9. The van der Waals surface area contributed by atoms with Crippen molar-refractivity contribution in [2.75, 3.05) is 7.11 Å². The highest BCUT2D eigenvalue weighted by Crippen LogP contribution is 2.23. The Labute approximate surface area is 144 Å². The van der Waals surface area contributed by atoms with E-state index in [0.29, 0.717) is 11.3 Å². The van der Waals surface area contributed by atoms with E-state index in [9.17, 15) is 9.18 Å². The Balaban J connectivity index is 1.88. The van der Waals surface area contributed by atoms with Crippen LogP contribution in [0.5, 0.6) is 0 Å². The quantitative estimate of drug-likeness (QED) is 0.746. The van der Waals surface area contributed by atoms with Crippen LogP contribution in [0.15, 0.2) is 65.2 Å². The number of ether oxygens (including phenoxy) is 1. The zero-order valence-electron chi connectivity index (χ0n) is 13.6. The predicted molar refractivity (Wildman–Crippen MR) is 89.4 cm³/mol. The minimum Gasteiger partial charge on any atom is -0.377 e. The average Bonchev–Trinajstić information content (AvgIpc) is 3.09. The van der Waals surface area contributed by atoms with Crippen LogP contribution >= 0.6 is 0 Å². The number of benzene rings is 2. The van der Waals surface area contributed by atoms with E-state index in [4.69, 9.17) is 9.26 Å². The Kier molecular flexibility index (Phi) is 5.20. The number of halogens is 1. The van der Waals surface area contributed by atoms with Gasteiger partial charge in [0.1, 0.15) is 12.4 Å². The Morgan fingerprint density at radius 3 is 2.64 bits per heavy atom. The van der Waals surface area contributed by atoms with Gasteiger partial charge in [-0.15, -0.1) is 0 Å². The third-order valence-electron chi connectivity index (χ3n) is 3.67. The van der Waals surface area contributed by atoms with Gasteiger partial charge in [-0.05, 0) is 23.3 Å². The molecule has 0 aliphatic rings. The van der Waals surface area contributed by atoms with Gasteiger partial charge in [0, 0.05) is 13.2 Å². The molecule has 0 fully saturated rings. The Hall–Kier alpha value is -2.99. The molecule has 3 rings (SSSR count).